The highest BCUT2D eigenvalue weighted by molar-refractivity contribution is 5.77. The molecule has 0 saturated carbocycles. The average molecular weight is 300 g/mol. The van der Waals surface area contributed by atoms with Crippen molar-refractivity contribution >= 4 is 23.5 Å². The van der Waals surface area contributed by atoms with Crippen molar-refractivity contribution in [2.75, 3.05) is 23.4 Å². The molecule has 0 unspecified atom stereocenters. The van der Waals surface area contributed by atoms with E-state index in [1.807, 2.05) is 12.1 Å². The Morgan fingerprint density at radius 2 is 1.91 bits per heavy atom. The molecule has 2 aromatic rings. The number of hydrazone groups is 1. The predicted molar refractivity (Wildman–Crippen MR) is 84.5 cm³/mol. The molecule has 1 N–H and O–H groups in total. The van der Waals surface area contributed by atoms with Crippen molar-refractivity contribution < 1.29 is 9.34 Å². The van der Waals surface area contributed by atoms with Gasteiger partial charge in [0.1, 0.15) is 5.76 Å². The van der Waals surface area contributed by atoms with Gasteiger partial charge in [0.05, 0.1) is 16.8 Å². The molecule has 22 heavy (non-hydrogen) atoms. The molecule has 1 saturated heterocycles. The molecule has 1 fully saturated rings. The van der Waals surface area contributed by atoms with E-state index in [1.165, 1.54) is 25.0 Å². The van der Waals surface area contributed by atoms with E-state index in [-0.39, 0.29) is 5.69 Å². The number of nitro benzene ring substituents is 1. The Kier molecular flexibility index (Phi) is 4.04. The molecule has 0 amide bonds. The molecule has 2 heterocycles. The summed E-state index contributed by atoms with van der Waals surface area (Å²) in [4.78, 5) is 12.3. The van der Waals surface area contributed by atoms with Gasteiger partial charge in [0.15, 0.2) is 5.88 Å². The van der Waals surface area contributed by atoms with E-state index in [2.05, 4.69) is 15.4 Å². The molecule has 1 aliphatic heterocycles. The van der Waals surface area contributed by atoms with Crippen LogP contribution in [0.4, 0.5) is 17.3 Å². The molecular weight excluding hydrogens is 284 g/mol. The molecule has 0 atom stereocenters. The van der Waals surface area contributed by atoms with E-state index >= 15 is 0 Å². The van der Waals surface area contributed by atoms with Crippen molar-refractivity contribution in [3.05, 3.63) is 52.3 Å². The fourth-order valence-electron chi connectivity index (χ4n) is 2.35. The molecule has 1 aliphatic rings. The number of rotatable bonds is 5. The van der Waals surface area contributed by atoms with Crippen molar-refractivity contribution in [2.24, 2.45) is 5.10 Å². The van der Waals surface area contributed by atoms with E-state index in [0.29, 0.717) is 11.4 Å². The van der Waals surface area contributed by atoms with Crippen LogP contribution in [0.1, 0.15) is 18.6 Å². The minimum Gasteiger partial charge on any atom is -0.440 e. The second-order valence-corrected chi connectivity index (χ2v) is 5.04. The lowest BCUT2D eigenvalue weighted by Gasteiger charge is -2.12. The Morgan fingerprint density at radius 3 is 2.59 bits per heavy atom. The second-order valence-electron chi connectivity index (χ2n) is 5.04. The molecule has 3 rings (SSSR count). The summed E-state index contributed by atoms with van der Waals surface area (Å²) in [7, 11) is 0. The third-order valence-corrected chi connectivity index (χ3v) is 3.49. The first kappa shape index (κ1) is 14.1. The van der Waals surface area contributed by atoms with Crippen LogP contribution < -0.4 is 10.3 Å². The van der Waals surface area contributed by atoms with Crippen molar-refractivity contribution in [1.82, 2.24) is 0 Å². The molecule has 0 bridgehead atoms. The minimum atomic E-state index is -0.435. The third-order valence-electron chi connectivity index (χ3n) is 3.49. The maximum atomic E-state index is 10.6. The molecular formula is C15H16N4O3. The van der Waals surface area contributed by atoms with Crippen LogP contribution in [-0.4, -0.2) is 24.2 Å². The van der Waals surface area contributed by atoms with Gasteiger partial charge in [-0.2, -0.15) is 5.10 Å². The molecule has 7 nitrogen and oxygen atoms in total. The van der Waals surface area contributed by atoms with Gasteiger partial charge in [-0.25, -0.2) is 0 Å². The van der Waals surface area contributed by atoms with Gasteiger partial charge in [0.25, 0.3) is 5.69 Å². The molecule has 7 heteroatoms. The summed E-state index contributed by atoms with van der Waals surface area (Å²) in [5.41, 5.74) is 3.54. The molecule has 0 aliphatic carbocycles. The third kappa shape index (κ3) is 3.25. The summed E-state index contributed by atoms with van der Waals surface area (Å²) in [5, 5.41) is 14.6. The minimum absolute atomic E-state index is 0.0517. The normalized spacial score (nSPS) is 14.6. The first-order valence-electron chi connectivity index (χ1n) is 7.11. The summed E-state index contributed by atoms with van der Waals surface area (Å²) >= 11 is 0. The SMILES string of the molecule is O=[N+]([O-])c1ccc(N/N=C\c2ccc(N3CCCC3)o2)cc1. The van der Waals surface area contributed by atoms with Crippen LogP contribution in [0, 0.1) is 10.1 Å². The van der Waals surface area contributed by atoms with Gasteiger partial charge in [-0.05, 0) is 31.0 Å². The highest BCUT2D eigenvalue weighted by Gasteiger charge is 2.15. The van der Waals surface area contributed by atoms with Gasteiger partial charge in [0.2, 0.25) is 0 Å². The number of anilines is 2. The van der Waals surface area contributed by atoms with Gasteiger partial charge in [-0.1, -0.05) is 0 Å². The van der Waals surface area contributed by atoms with Gasteiger partial charge >= 0.3 is 0 Å². The van der Waals surface area contributed by atoms with Gasteiger partial charge < -0.3 is 9.32 Å². The molecule has 114 valence electrons. The lowest BCUT2D eigenvalue weighted by atomic mass is 10.3. The first-order chi connectivity index (χ1) is 10.7. The summed E-state index contributed by atoms with van der Waals surface area (Å²) in [5.74, 6) is 1.53. The van der Waals surface area contributed by atoms with Crippen molar-refractivity contribution in [1.29, 1.82) is 0 Å². The fraction of sp³-hybridized carbons (Fsp3) is 0.267. The summed E-state index contributed by atoms with van der Waals surface area (Å²) < 4.78 is 5.70. The van der Waals surface area contributed by atoms with Crippen molar-refractivity contribution in [3.8, 4) is 0 Å². The maximum absolute atomic E-state index is 10.6. The van der Waals surface area contributed by atoms with E-state index < -0.39 is 4.92 Å². The quantitative estimate of drug-likeness (QED) is 0.520. The van der Waals surface area contributed by atoms with E-state index in [1.54, 1.807) is 18.3 Å². The number of benzene rings is 1. The largest absolute Gasteiger partial charge is 0.440 e. The number of furan rings is 1. The van der Waals surface area contributed by atoms with Crippen LogP contribution in [0.3, 0.4) is 0 Å². The summed E-state index contributed by atoms with van der Waals surface area (Å²) in [6, 6.07) is 9.88. The fourth-order valence-corrected chi connectivity index (χ4v) is 2.35. The molecule has 0 spiro atoms. The lowest BCUT2D eigenvalue weighted by molar-refractivity contribution is -0.384. The maximum Gasteiger partial charge on any atom is 0.269 e. The average Bonchev–Trinajstić information content (AvgIpc) is 3.19. The predicted octanol–water partition coefficient (Wildman–Crippen LogP) is 3.23. The second kappa shape index (κ2) is 6.30. The smallest absolute Gasteiger partial charge is 0.269 e. The van der Waals surface area contributed by atoms with Crippen LogP contribution in [0.5, 0.6) is 0 Å². The highest BCUT2D eigenvalue weighted by Crippen LogP contribution is 2.22. The van der Waals surface area contributed by atoms with E-state index in [0.717, 1.165) is 19.0 Å². The van der Waals surface area contributed by atoms with Crippen molar-refractivity contribution in [3.63, 3.8) is 0 Å². The zero-order chi connectivity index (χ0) is 15.4. The van der Waals surface area contributed by atoms with E-state index in [4.69, 9.17) is 4.42 Å². The number of nitro groups is 1. The Balaban J connectivity index is 1.58. The number of nitrogens with one attached hydrogen (secondary N) is 1. The van der Waals surface area contributed by atoms with Crippen molar-refractivity contribution in [2.45, 2.75) is 12.8 Å². The molecule has 1 aromatic heterocycles. The number of nitrogens with zero attached hydrogens (tertiary/aromatic N) is 3. The van der Waals surface area contributed by atoms with Crippen LogP contribution >= 0.6 is 0 Å². The van der Waals surface area contributed by atoms with Gasteiger partial charge in [-0.3, -0.25) is 15.5 Å². The molecule has 1 aromatic carbocycles. The standard InChI is InChI=1S/C15H16N4O3/c20-19(21)13-5-3-12(4-6-13)17-16-11-14-7-8-15(22-14)18-9-1-2-10-18/h3-8,11,17H,1-2,9-10H2/b16-11-. The Bertz CT molecular complexity index is 672. The van der Waals surface area contributed by atoms with Crippen LogP contribution in [-0.2, 0) is 0 Å². The first-order valence-corrected chi connectivity index (χ1v) is 7.11. The number of non-ortho nitro benzene ring substituents is 1. The Morgan fingerprint density at radius 1 is 1.18 bits per heavy atom. The lowest BCUT2D eigenvalue weighted by Crippen LogP contribution is -2.16. The topological polar surface area (TPSA) is 83.9 Å². The van der Waals surface area contributed by atoms with Crippen LogP contribution in [0.2, 0.25) is 0 Å². The molecule has 0 radical (unpaired) electrons. The summed E-state index contributed by atoms with van der Waals surface area (Å²) in [6.45, 7) is 2.07. The van der Waals surface area contributed by atoms with Gasteiger partial charge in [0, 0.05) is 31.3 Å². The monoisotopic (exact) mass is 300 g/mol. The van der Waals surface area contributed by atoms with E-state index in [9.17, 15) is 10.1 Å². The number of hydrogen-bond acceptors (Lipinski definition) is 6. The Hall–Kier alpha value is -2.83. The zero-order valence-corrected chi connectivity index (χ0v) is 11.9. The number of hydrogen-bond donors (Lipinski definition) is 1. The van der Waals surface area contributed by atoms with Gasteiger partial charge in [-0.15, -0.1) is 0 Å². The van der Waals surface area contributed by atoms with Crippen LogP contribution in [0.15, 0.2) is 45.9 Å². The summed E-state index contributed by atoms with van der Waals surface area (Å²) in [6.07, 6.45) is 3.98. The Labute approximate surface area is 127 Å². The zero-order valence-electron chi connectivity index (χ0n) is 11.9. The highest BCUT2D eigenvalue weighted by atomic mass is 16.6. The van der Waals surface area contributed by atoms with Crippen LogP contribution in [0.25, 0.3) is 0 Å².